The van der Waals surface area contributed by atoms with Crippen LogP contribution in [0.25, 0.3) is 0 Å². The van der Waals surface area contributed by atoms with Crippen molar-refractivity contribution in [2.75, 3.05) is 26.2 Å². The predicted molar refractivity (Wildman–Crippen MR) is 93.4 cm³/mol. The molecule has 4 heterocycles. The summed E-state index contributed by atoms with van der Waals surface area (Å²) in [6.45, 7) is 4.53. The lowest BCUT2D eigenvalue weighted by Crippen LogP contribution is -2.49. The van der Waals surface area contributed by atoms with Crippen LogP contribution in [0.15, 0.2) is 24.4 Å². The third-order valence-electron chi connectivity index (χ3n) is 5.87. The second-order valence-electron chi connectivity index (χ2n) is 7.66. The number of carbonyl (C=O) groups is 1. The molecule has 4 rings (SSSR count). The molecule has 0 aliphatic carbocycles. The van der Waals surface area contributed by atoms with Gasteiger partial charge in [0.2, 0.25) is 5.91 Å². The van der Waals surface area contributed by atoms with E-state index in [-0.39, 0.29) is 0 Å². The average molecular weight is 328 g/mol. The quantitative estimate of drug-likeness (QED) is 0.913. The van der Waals surface area contributed by atoms with Crippen molar-refractivity contribution in [1.29, 1.82) is 0 Å². The van der Waals surface area contributed by atoms with E-state index in [1.165, 1.54) is 25.7 Å². The van der Waals surface area contributed by atoms with Crippen molar-refractivity contribution in [2.45, 2.75) is 50.7 Å². The van der Waals surface area contributed by atoms with E-state index in [9.17, 15) is 4.79 Å². The van der Waals surface area contributed by atoms with Gasteiger partial charge in [0.05, 0.1) is 5.69 Å². The first-order valence-corrected chi connectivity index (χ1v) is 9.42. The Labute approximate surface area is 144 Å². The van der Waals surface area contributed by atoms with E-state index in [4.69, 9.17) is 0 Å². The molecule has 0 spiro atoms. The average Bonchev–Trinajstić information content (AvgIpc) is 2.95. The summed E-state index contributed by atoms with van der Waals surface area (Å²) in [6.07, 6.45) is 7.61. The molecular weight excluding hydrogens is 300 g/mol. The Kier molecular flexibility index (Phi) is 4.81. The Morgan fingerprint density at radius 3 is 2.54 bits per heavy atom. The van der Waals surface area contributed by atoms with Gasteiger partial charge in [0, 0.05) is 57.4 Å². The molecule has 3 fully saturated rings. The van der Waals surface area contributed by atoms with E-state index in [1.54, 1.807) is 0 Å². The summed E-state index contributed by atoms with van der Waals surface area (Å²) in [7, 11) is 0. The van der Waals surface area contributed by atoms with Crippen molar-refractivity contribution < 1.29 is 4.79 Å². The van der Waals surface area contributed by atoms with E-state index < -0.39 is 0 Å². The van der Waals surface area contributed by atoms with Gasteiger partial charge in [0.25, 0.3) is 0 Å². The Morgan fingerprint density at radius 2 is 1.88 bits per heavy atom. The summed E-state index contributed by atoms with van der Waals surface area (Å²) in [5.74, 6) is 0.974. The molecule has 2 unspecified atom stereocenters. The van der Waals surface area contributed by atoms with Crippen LogP contribution in [0.2, 0.25) is 0 Å². The summed E-state index contributed by atoms with van der Waals surface area (Å²) >= 11 is 0. The van der Waals surface area contributed by atoms with E-state index in [2.05, 4.69) is 26.2 Å². The Balaban J connectivity index is 1.23. The van der Waals surface area contributed by atoms with Gasteiger partial charge in [-0.3, -0.25) is 14.7 Å². The monoisotopic (exact) mass is 328 g/mol. The van der Waals surface area contributed by atoms with Crippen LogP contribution in [0, 0.1) is 5.92 Å². The Morgan fingerprint density at radius 1 is 1.12 bits per heavy atom. The lowest BCUT2D eigenvalue weighted by Gasteiger charge is -2.36. The molecule has 0 radical (unpaired) electrons. The summed E-state index contributed by atoms with van der Waals surface area (Å²) in [5, 5.41) is 3.66. The highest BCUT2D eigenvalue weighted by molar-refractivity contribution is 5.76. The molecular formula is C19H28N4O. The molecule has 3 saturated heterocycles. The van der Waals surface area contributed by atoms with Crippen molar-refractivity contribution in [3.05, 3.63) is 30.1 Å². The zero-order chi connectivity index (χ0) is 16.4. The van der Waals surface area contributed by atoms with Gasteiger partial charge in [-0.05, 0) is 43.7 Å². The first-order chi connectivity index (χ1) is 11.8. The third kappa shape index (κ3) is 3.78. The minimum absolute atomic E-state index is 0.374. The normalized spacial score (nSPS) is 30.5. The van der Waals surface area contributed by atoms with Gasteiger partial charge in [-0.25, -0.2) is 0 Å². The first kappa shape index (κ1) is 16.0. The zero-order valence-corrected chi connectivity index (χ0v) is 14.4. The van der Waals surface area contributed by atoms with Crippen LogP contribution in [0.4, 0.5) is 0 Å². The number of piperidine rings is 1. The number of rotatable bonds is 4. The molecule has 3 aliphatic heterocycles. The SMILES string of the molecule is O=C(CC1CC2CCC(C1)N2)N1CCN(Cc2ccccn2)CC1. The summed E-state index contributed by atoms with van der Waals surface area (Å²) in [6, 6.07) is 7.41. The maximum atomic E-state index is 12.6. The van der Waals surface area contributed by atoms with Crippen molar-refractivity contribution in [1.82, 2.24) is 20.1 Å². The lowest BCUT2D eigenvalue weighted by atomic mass is 9.89. The van der Waals surface area contributed by atoms with Gasteiger partial charge in [-0.1, -0.05) is 6.07 Å². The van der Waals surface area contributed by atoms with Crippen molar-refractivity contribution in [3.63, 3.8) is 0 Å². The number of hydrogen-bond donors (Lipinski definition) is 1. The van der Waals surface area contributed by atoms with Gasteiger partial charge in [-0.15, -0.1) is 0 Å². The number of amides is 1. The van der Waals surface area contributed by atoms with Gasteiger partial charge >= 0.3 is 0 Å². The molecule has 2 bridgehead atoms. The highest BCUT2D eigenvalue weighted by Crippen LogP contribution is 2.33. The number of nitrogens with zero attached hydrogens (tertiary/aromatic N) is 3. The zero-order valence-electron chi connectivity index (χ0n) is 14.4. The Bertz CT molecular complexity index is 544. The summed E-state index contributed by atoms with van der Waals surface area (Å²) < 4.78 is 0. The van der Waals surface area contributed by atoms with Crippen molar-refractivity contribution in [3.8, 4) is 0 Å². The van der Waals surface area contributed by atoms with Crippen LogP contribution < -0.4 is 5.32 Å². The van der Waals surface area contributed by atoms with Crippen molar-refractivity contribution >= 4 is 5.91 Å². The van der Waals surface area contributed by atoms with E-state index in [1.807, 2.05) is 18.3 Å². The standard InChI is InChI=1S/C19H28N4O/c24-19(13-15-11-16-4-5-17(12-15)21-16)23-9-7-22(8-10-23)14-18-3-1-2-6-20-18/h1-3,6,15-17,21H,4-5,7-14H2. The largest absolute Gasteiger partial charge is 0.340 e. The minimum Gasteiger partial charge on any atom is -0.340 e. The number of piperazine rings is 1. The Hall–Kier alpha value is -1.46. The van der Waals surface area contributed by atoms with E-state index in [0.717, 1.165) is 44.8 Å². The molecule has 130 valence electrons. The van der Waals surface area contributed by atoms with Crippen LogP contribution in [-0.4, -0.2) is 59.0 Å². The van der Waals surface area contributed by atoms with Gasteiger partial charge in [0.15, 0.2) is 0 Å². The highest BCUT2D eigenvalue weighted by Gasteiger charge is 2.35. The van der Waals surface area contributed by atoms with Gasteiger partial charge < -0.3 is 10.2 Å². The summed E-state index contributed by atoms with van der Waals surface area (Å²) in [5.41, 5.74) is 1.11. The number of hydrogen-bond acceptors (Lipinski definition) is 4. The number of nitrogens with one attached hydrogen (secondary N) is 1. The van der Waals surface area contributed by atoms with E-state index >= 15 is 0 Å². The molecule has 1 aromatic rings. The predicted octanol–water partition coefficient (Wildman–Crippen LogP) is 1.65. The topological polar surface area (TPSA) is 48.5 Å². The summed E-state index contributed by atoms with van der Waals surface area (Å²) in [4.78, 5) is 21.5. The molecule has 5 nitrogen and oxygen atoms in total. The maximum Gasteiger partial charge on any atom is 0.222 e. The van der Waals surface area contributed by atoms with Gasteiger partial charge in [0.1, 0.15) is 0 Å². The van der Waals surface area contributed by atoms with Crippen LogP contribution in [-0.2, 0) is 11.3 Å². The minimum atomic E-state index is 0.374. The fourth-order valence-electron chi connectivity index (χ4n) is 4.59. The number of aromatic nitrogens is 1. The number of carbonyl (C=O) groups excluding carboxylic acids is 1. The van der Waals surface area contributed by atoms with Crippen LogP contribution in [0.5, 0.6) is 0 Å². The number of pyridine rings is 1. The fourth-order valence-corrected chi connectivity index (χ4v) is 4.59. The molecule has 0 aromatic carbocycles. The molecule has 1 amide bonds. The number of fused-ring (bicyclic) bond motifs is 2. The highest BCUT2D eigenvalue weighted by atomic mass is 16.2. The molecule has 3 aliphatic rings. The third-order valence-corrected chi connectivity index (χ3v) is 5.87. The van der Waals surface area contributed by atoms with Crippen LogP contribution in [0.3, 0.4) is 0 Å². The van der Waals surface area contributed by atoms with Crippen LogP contribution >= 0.6 is 0 Å². The fraction of sp³-hybridized carbons (Fsp3) is 0.684. The maximum absolute atomic E-state index is 12.6. The lowest BCUT2D eigenvalue weighted by molar-refractivity contribution is -0.134. The molecule has 24 heavy (non-hydrogen) atoms. The molecule has 1 aromatic heterocycles. The smallest absolute Gasteiger partial charge is 0.222 e. The molecule has 5 heteroatoms. The molecule has 1 N–H and O–H groups in total. The second-order valence-corrected chi connectivity index (χ2v) is 7.66. The van der Waals surface area contributed by atoms with Crippen LogP contribution in [0.1, 0.15) is 37.8 Å². The van der Waals surface area contributed by atoms with Gasteiger partial charge in [-0.2, -0.15) is 0 Å². The first-order valence-electron chi connectivity index (χ1n) is 9.42. The van der Waals surface area contributed by atoms with E-state index in [0.29, 0.717) is 23.9 Å². The molecule has 0 saturated carbocycles. The molecule has 2 atom stereocenters. The van der Waals surface area contributed by atoms with Crippen molar-refractivity contribution in [2.24, 2.45) is 5.92 Å². The second kappa shape index (κ2) is 7.19.